The molecule has 0 amide bonds. The zero-order chi connectivity index (χ0) is 20.7. The normalized spacial score (nSPS) is 22.8. The first-order valence-electron chi connectivity index (χ1n) is 11.0. The SMILES string of the molecule is Cc1ccc2nc(N3CCC(N[C@H]4CCC[C@@H]4O)CC3)c(-c3noc(C)n3)cc2c1. The van der Waals surface area contributed by atoms with Gasteiger partial charge in [0.2, 0.25) is 11.7 Å². The maximum Gasteiger partial charge on any atom is 0.223 e. The number of nitrogens with zero attached hydrogens (tertiary/aromatic N) is 4. The number of piperidine rings is 1. The van der Waals surface area contributed by atoms with E-state index in [0.29, 0.717) is 17.8 Å². The summed E-state index contributed by atoms with van der Waals surface area (Å²) in [4.78, 5) is 11.8. The monoisotopic (exact) mass is 407 g/mol. The molecule has 2 fully saturated rings. The number of anilines is 1. The molecule has 0 bridgehead atoms. The summed E-state index contributed by atoms with van der Waals surface area (Å²) in [6.45, 7) is 5.72. The minimum Gasteiger partial charge on any atom is -0.392 e. The summed E-state index contributed by atoms with van der Waals surface area (Å²) in [5.41, 5.74) is 3.10. The molecule has 3 heterocycles. The smallest absolute Gasteiger partial charge is 0.223 e. The van der Waals surface area contributed by atoms with Gasteiger partial charge in [-0.05, 0) is 57.2 Å². The van der Waals surface area contributed by atoms with Crippen LogP contribution in [0.4, 0.5) is 5.82 Å². The molecule has 0 radical (unpaired) electrons. The number of hydrogen-bond acceptors (Lipinski definition) is 7. The van der Waals surface area contributed by atoms with E-state index in [2.05, 4.69) is 51.5 Å². The molecule has 7 heteroatoms. The molecule has 7 nitrogen and oxygen atoms in total. The highest BCUT2D eigenvalue weighted by atomic mass is 16.5. The fourth-order valence-corrected chi connectivity index (χ4v) is 4.80. The Bertz CT molecular complexity index is 1040. The molecule has 1 aromatic carbocycles. The fraction of sp³-hybridized carbons (Fsp3) is 0.522. The van der Waals surface area contributed by atoms with Crippen LogP contribution >= 0.6 is 0 Å². The average Bonchev–Trinajstić information content (AvgIpc) is 3.36. The van der Waals surface area contributed by atoms with Crippen LogP contribution in [-0.4, -0.2) is 51.5 Å². The summed E-state index contributed by atoms with van der Waals surface area (Å²) >= 11 is 0. The van der Waals surface area contributed by atoms with Crippen molar-refractivity contribution in [2.75, 3.05) is 18.0 Å². The predicted octanol–water partition coefficient (Wildman–Crippen LogP) is 3.37. The van der Waals surface area contributed by atoms with E-state index in [4.69, 9.17) is 9.51 Å². The number of aliphatic hydroxyl groups is 1. The van der Waals surface area contributed by atoms with Gasteiger partial charge in [-0.25, -0.2) is 4.98 Å². The Morgan fingerprint density at radius 3 is 2.60 bits per heavy atom. The summed E-state index contributed by atoms with van der Waals surface area (Å²) in [5, 5.41) is 19.1. The van der Waals surface area contributed by atoms with E-state index in [1.807, 2.05) is 6.92 Å². The lowest BCUT2D eigenvalue weighted by Crippen LogP contribution is -2.48. The van der Waals surface area contributed by atoms with E-state index in [-0.39, 0.29) is 12.1 Å². The average molecular weight is 408 g/mol. The van der Waals surface area contributed by atoms with Crippen molar-refractivity contribution in [1.82, 2.24) is 20.4 Å². The van der Waals surface area contributed by atoms with Crippen LogP contribution in [0, 0.1) is 13.8 Å². The van der Waals surface area contributed by atoms with Crippen molar-refractivity contribution in [2.24, 2.45) is 0 Å². The highest BCUT2D eigenvalue weighted by Gasteiger charge is 2.30. The number of nitrogens with one attached hydrogen (secondary N) is 1. The molecule has 0 spiro atoms. The van der Waals surface area contributed by atoms with Gasteiger partial charge in [0, 0.05) is 37.5 Å². The highest BCUT2D eigenvalue weighted by Crippen LogP contribution is 2.33. The third-order valence-corrected chi connectivity index (χ3v) is 6.44. The van der Waals surface area contributed by atoms with Crippen molar-refractivity contribution < 1.29 is 9.63 Å². The van der Waals surface area contributed by atoms with Gasteiger partial charge < -0.3 is 19.8 Å². The summed E-state index contributed by atoms with van der Waals surface area (Å²) in [6, 6.07) is 9.15. The minimum atomic E-state index is -0.193. The van der Waals surface area contributed by atoms with Crippen molar-refractivity contribution >= 4 is 16.7 Å². The second kappa shape index (κ2) is 7.96. The molecule has 1 aliphatic carbocycles. The number of pyridine rings is 1. The summed E-state index contributed by atoms with van der Waals surface area (Å²) in [5.74, 6) is 2.07. The molecule has 158 valence electrons. The molecule has 30 heavy (non-hydrogen) atoms. The molecule has 2 atom stereocenters. The van der Waals surface area contributed by atoms with Crippen molar-refractivity contribution in [1.29, 1.82) is 0 Å². The number of aryl methyl sites for hydroxylation is 2. The first-order valence-corrected chi connectivity index (χ1v) is 11.0. The molecule has 3 aromatic rings. The van der Waals surface area contributed by atoms with Gasteiger partial charge >= 0.3 is 0 Å². The van der Waals surface area contributed by atoms with Gasteiger partial charge in [-0.2, -0.15) is 4.98 Å². The Balaban J connectivity index is 1.41. The number of benzene rings is 1. The van der Waals surface area contributed by atoms with Crippen molar-refractivity contribution in [3.05, 3.63) is 35.7 Å². The summed E-state index contributed by atoms with van der Waals surface area (Å²) in [7, 11) is 0. The maximum atomic E-state index is 10.1. The Hall–Kier alpha value is -2.51. The standard InChI is InChI=1S/C23H29N5O2/c1-14-6-7-19-16(12-14)13-18(22-24-15(2)30-27-22)23(26-19)28-10-8-17(9-11-28)25-20-4-3-5-21(20)29/h6-7,12-13,17,20-21,25,29H,3-5,8-11H2,1-2H3/t20-,21-/m0/s1. The number of aromatic nitrogens is 3. The van der Waals surface area contributed by atoms with Crippen LogP contribution < -0.4 is 10.2 Å². The van der Waals surface area contributed by atoms with Crippen LogP contribution in [0.25, 0.3) is 22.3 Å². The van der Waals surface area contributed by atoms with E-state index in [0.717, 1.165) is 67.5 Å². The van der Waals surface area contributed by atoms with Crippen LogP contribution in [0.1, 0.15) is 43.6 Å². The second-order valence-corrected chi connectivity index (χ2v) is 8.73. The molecule has 2 aromatic heterocycles. The van der Waals surface area contributed by atoms with Gasteiger partial charge in [-0.15, -0.1) is 0 Å². The molecule has 2 aliphatic rings. The quantitative estimate of drug-likeness (QED) is 0.685. The lowest BCUT2D eigenvalue weighted by atomic mass is 10.0. The first kappa shape index (κ1) is 19.5. The van der Waals surface area contributed by atoms with E-state index in [1.54, 1.807) is 0 Å². The molecule has 1 aliphatic heterocycles. The fourth-order valence-electron chi connectivity index (χ4n) is 4.80. The Morgan fingerprint density at radius 2 is 1.90 bits per heavy atom. The van der Waals surface area contributed by atoms with Crippen molar-refractivity contribution in [2.45, 2.75) is 64.1 Å². The van der Waals surface area contributed by atoms with Crippen LogP contribution in [0.15, 0.2) is 28.8 Å². The van der Waals surface area contributed by atoms with Crippen molar-refractivity contribution in [3.8, 4) is 11.4 Å². The van der Waals surface area contributed by atoms with Gasteiger partial charge in [0.25, 0.3) is 0 Å². The van der Waals surface area contributed by atoms with E-state index in [1.165, 1.54) is 5.56 Å². The van der Waals surface area contributed by atoms with E-state index in [9.17, 15) is 5.11 Å². The molecular weight excluding hydrogens is 378 g/mol. The van der Waals surface area contributed by atoms with Gasteiger partial charge in [-0.3, -0.25) is 0 Å². The van der Waals surface area contributed by atoms with Gasteiger partial charge in [0.15, 0.2) is 0 Å². The molecule has 1 saturated carbocycles. The van der Waals surface area contributed by atoms with E-state index >= 15 is 0 Å². The number of hydrogen-bond donors (Lipinski definition) is 2. The lowest BCUT2D eigenvalue weighted by molar-refractivity contribution is 0.140. The predicted molar refractivity (Wildman–Crippen MR) is 117 cm³/mol. The Labute approximate surface area is 176 Å². The summed E-state index contributed by atoms with van der Waals surface area (Å²) < 4.78 is 5.26. The molecular formula is C23H29N5O2. The molecule has 1 saturated heterocycles. The van der Waals surface area contributed by atoms with E-state index < -0.39 is 0 Å². The Kier molecular flexibility index (Phi) is 5.16. The topological polar surface area (TPSA) is 87.3 Å². The first-order chi connectivity index (χ1) is 14.6. The number of fused-ring (bicyclic) bond motifs is 1. The third-order valence-electron chi connectivity index (χ3n) is 6.44. The third kappa shape index (κ3) is 3.79. The largest absolute Gasteiger partial charge is 0.392 e. The second-order valence-electron chi connectivity index (χ2n) is 8.73. The summed E-state index contributed by atoms with van der Waals surface area (Å²) in [6.07, 6.45) is 4.98. The zero-order valence-corrected chi connectivity index (χ0v) is 17.6. The van der Waals surface area contributed by atoms with Crippen LogP contribution in [0.2, 0.25) is 0 Å². The van der Waals surface area contributed by atoms with Crippen LogP contribution in [0.5, 0.6) is 0 Å². The van der Waals surface area contributed by atoms with Gasteiger partial charge in [0.1, 0.15) is 5.82 Å². The number of aliphatic hydroxyl groups excluding tert-OH is 1. The lowest BCUT2D eigenvalue weighted by Gasteiger charge is -2.35. The highest BCUT2D eigenvalue weighted by molar-refractivity contribution is 5.88. The zero-order valence-electron chi connectivity index (χ0n) is 17.6. The Morgan fingerprint density at radius 1 is 1.07 bits per heavy atom. The molecule has 0 unspecified atom stereocenters. The van der Waals surface area contributed by atoms with Gasteiger partial charge in [-0.1, -0.05) is 16.8 Å². The maximum absolute atomic E-state index is 10.1. The molecule has 2 N–H and O–H groups in total. The van der Waals surface area contributed by atoms with Crippen LogP contribution in [-0.2, 0) is 0 Å². The minimum absolute atomic E-state index is 0.193. The van der Waals surface area contributed by atoms with Crippen LogP contribution in [0.3, 0.4) is 0 Å². The van der Waals surface area contributed by atoms with Crippen molar-refractivity contribution in [3.63, 3.8) is 0 Å². The molecule has 5 rings (SSSR count). The van der Waals surface area contributed by atoms with Gasteiger partial charge in [0.05, 0.1) is 17.2 Å². The number of rotatable bonds is 4.